The topological polar surface area (TPSA) is 45.8 Å². The summed E-state index contributed by atoms with van der Waals surface area (Å²) in [6.45, 7) is 0. The molecule has 3 nitrogen and oxygen atoms in total. The van der Waals surface area contributed by atoms with E-state index in [1.165, 1.54) is 0 Å². The molecule has 0 fully saturated rings. The fraction of sp³-hybridized carbons (Fsp3) is 0.0667. The number of aromatic amines is 1. The van der Waals surface area contributed by atoms with Gasteiger partial charge >= 0.3 is 0 Å². The number of nitrogens with zero attached hydrogens (tertiary/aromatic N) is 1. The number of halogens is 2. The van der Waals surface area contributed by atoms with Gasteiger partial charge in [-0.1, -0.05) is 12.1 Å². The quantitative estimate of drug-likeness (QED) is 0.736. The lowest BCUT2D eigenvalue weighted by Gasteiger charge is -2.04. The number of thioether (sulfide) groups is 1. The molecule has 0 aliphatic heterocycles. The highest BCUT2D eigenvalue weighted by molar-refractivity contribution is 7.98. The molecule has 106 valence electrons. The van der Waals surface area contributed by atoms with Crippen molar-refractivity contribution in [3.63, 3.8) is 0 Å². The van der Waals surface area contributed by atoms with Gasteiger partial charge in [-0.05, 0) is 24.5 Å². The fourth-order valence-electron chi connectivity index (χ4n) is 2.02. The van der Waals surface area contributed by atoms with Crippen LogP contribution in [-0.4, -0.2) is 16.2 Å². The van der Waals surface area contributed by atoms with E-state index in [1.807, 2.05) is 30.5 Å². The standard InChI is InChI=1S/C15H10F2N2OS/c1-21-9-4-2-8(3-5-9)14-18-13-7-12(17)11(16)6-10(13)15(20)19-14/h2-7H,1H3,(H,18,19,20). The predicted molar refractivity (Wildman–Crippen MR) is 79.5 cm³/mol. The van der Waals surface area contributed by atoms with Crippen molar-refractivity contribution in [2.24, 2.45) is 0 Å². The Balaban J connectivity index is 2.19. The molecule has 0 saturated carbocycles. The number of H-pyrrole nitrogens is 1. The van der Waals surface area contributed by atoms with E-state index in [0.717, 1.165) is 17.0 Å². The molecule has 0 atom stereocenters. The largest absolute Gasteiger partial charge is 0.306 e. The zero-order valence-electron chi connectivity index (χ0n) is 11.0. The number of nitrogens with one attached hydrogen (secondary N) is 1. The van der Waals surface area contributed by atoms with Gasteiger partial charge in [-0.2, -0.15) is 0 Å². The first kappa shape index (κ1) is 13.8. The first-order chi connectivity index (χ1) is 10.1. The Labute approximate surface area is 123 Å². The summed E-state index contributed by atoms with van der Waals surface area (Å²) in [6.07, 6.45) is 1.96. The maximum absolute atomic E-state index is 13.3. The molecule has 1 N–H and O–H groups in total. The monoisotopic (exact) mass is 304 g/mol. The molecular formula is C15H10F2N2OS. The van der Waals surface area contributed by atoms with Crippen LogP contribution < -0.4 is 5.56 Å². The number of hydrogen-bond donors (Lipinski definition) is 1. The summed E-state index contributed by atoms with van der Waals surface area (Å²) in [5, 5.41) is 0.0263. The molecule has 3 aromatic rings. The van der Waals surface area contributed by atoms with E-state index in [9.17, 15) is 13.6 Å². The maximum Gasteiger partial charge on any atom is 0.259 e. The molecule has 3 rings (SSSR count). The average molecular weight is 304 g/mol. The van der Waals surface area contributed by atoms with Crippen molar-refractivity contribution in [3.8, 4) is 11.4 Å². The van der Waals surface area contributed by atoms with E-state index in [1.54, 1.807) is 11.8 Å². The predicted octanol–water partition coefficient (Wildman–Crippen LogP) is 3.59. The molecule has 0 radical (unpaired) electrons. The van der Waals surface area contributed by atoms with Crippen LogP contribution in [0.4, 0.5) is 8.78 Å². The van der Waals surface area contributed by atoms with Gasteiger partial charge in [0.2, 0.25) is 0 Å². The third-order valence-corrected chi connectivity index (χ3v) is 3.85. The Kier molecular flexibility index (Phi) is 3.47. The highest BCUT2D eigenvalue weighted by Crippen LogP contribution is 2.21. The van der Waals surface area contributed by atoms with Crippen molar-refractivity contribution >= 4 is 22.7 Å². The minimum absolute atomic E-state index is 0.0263. The molecular weight excluding hydrogens is 294 g/mol. The number of rotatable bonds is 2. The van der Waals surface area contributed by atoms with Gasteiger partial charge in [-0.15, -0.1) is 11.8 Å². The third kappa shape index (κ3) is 2.54. The van der Waals surface area contributed by atoms with E-state index in [4.69, 9.17) is 0 Å². The molecule has 0 bridgehead atoms. The Morgan fingerprint density at radius 3 is 2.43 bits per heavy atom. The molecule has 1 heterocycles. The van der Waals surface area contributed by atoms with Crippen LogP contribution in [0.1, 0.15) is 0 Å². The summed E-state index contributed by atoms with van der Waals surface area (Å²) in [5.41, 5.74) is 0.334. The van der Waals surface area contributed by atoms with Crippen molar-refractivity contribution in [1.82, 2.24) is 9.97 Å². The lowest BCUT2D eigenvalue weighted by atomic mass is 10.2. The zero-order chi connectivity index (χ0) is 15.0. The normalized spacial score (nSPS) is 11.0. The van der Waals surface area contributed by atoms with Crippen molar-refractivity contribution in [2.45, 2.75) is 4.90 Å². The van der Waals surface area contributed by atoms with Crippen LogP contribution in [0.15, 0.2) is 46.1 Å². The van der Waals surface area contributed by atoms with Crippen LogP contribution in [0, 0.1) is 11.6 Å². The Bertz CT molecular complexity index is 875. The first-order valence-electron chi connectivity index (χ1n) is 6.12. The number of aromatic nitrogens is 2. The van der Waals surface area contributed by atoms with E-state index >= 15 is 0 Å². The Morgan fingerprint density at radius 1 is 1.10 bits per heavy atom. The van der Waals surface area contributed by atoms with Crippen LogP contribution in [0.3, 0.4) is 0 Å². The number of benzene rings is 2. The Hall–Kier alpha value is -2.21. The summed E-state index contributed by atoms with van der Waals surface area (Å²) in [7, 11) is 0. The van der Waals surface area contributed by atoms with E-state index in [0.29, 0.717) is 11.4 Å². The lowest BCUT2D eigenvalue weighted by molar-refractivity contribution is 0.510. The molecule has 2 aromatic carbocycles. The van der Waals surface area contributed by atoms with Gasteiger partial charge in [0.05, 0.1) is 10.9 Å². The second kappa shape index (κ2) is 5.29. The number of hydrogen-bond acceptors (Lipinski definition) is 3. The molecule has 0 aliphatic rings. The van der Waals surface area contributed by atoms with Crippen LogP contribution in [-0.2, 0) is 0 Å². The van der Waals surface area contributed by atoms with Gasteiger partial charge in [0.25, 0.3) is 5.56 Å². The second-order valence-corrected chi connectivity index (χ2v) is 5.31. The van der Waals surface area contributed by atoms with E-state index in [2.05, 4.69) is 9.97 Å². The van der Waals surface area contributed by atoms with Crippen LogP contribution in [0.2, 0.25) is 0 Å². The van der Waals surface area contributed by atoms with Crippen molar-refractivity contribution < 1.29 is 8.78 Å². The highest BCUT2D eigenvalue weighted by Gasteiger charge is 2.10. The van der Waals surface area contributed by atoms with Crippen LogP contribution in [0.5, 0.6) is 0 Å². The summed E-state index contributed by atoms with van der Waals surface area (Å²) in [5.74, 6) is -1.76. The molecule has 0 amide bonds. The van der Waals surface area contributed by atoms with Gasteiger partial charge in [0, 0.05) is 16.5 Å². The van der Waals surface area contributed by atoms with E-state index < -0.39 is 17.2 Å². The summed E-state index contributed by atoms with van der Waals surface area (Å²) in [4.78, 5) is 19.8. The molecule has 0 aliphatic carbocycles. The molecule has 0 unspecified atom stereocenters. The number of fused-ring (bicyclic) bond motifs is 1. The SMILES string of the molecule is CSc1ccc(-c2nc3cc(F)c(F)cc3c(=O)[nH]2)cc1. The minimum atomic E-state index is -1.06. The molecule has 21 heavy (non-hydrogen) atoms. The van der Waals surface area contributed by atoms with Gasteiger partial charge in [0.15, 0.2) is 11.6 Å². The second-order valence-electron chi connectivity index (χ2n) is 4.43. The first-order valence-corrected chi connectivity index (χ1v) is 7.34. The van der Waals surface area contributed by atoms with Crippen molar-refractivity contribution in [3.05, 3.63) is 58.4 Å². The molecule has 0 saturated heterocycles. The molecule has 1 aromatic heterocycles. The third-order valence-electron chi connectivity index (χ3n) is 3.11. The zero-order valence-corrected chi connectivity index (χ0v) is 11.8. The molecule has 6 heteroatoms. The average Bonchev–Trinajstić information content (AvgIpc) is 2.49. The van der Waals surface area contributed by atoms with Crippen molar-refractivity contribution in [1.29, 1.82) is 0 Å². The fourth-order valence-corrected chi connectivity index (χ4v) is 2.43. The summed E-state index contributed by atoms with van der Waals surface area (Å²) in [6, 6.07) is 9.22. The van der Waals surface area contributed by atoms with Crippen molar-refractivity contribution in [2.75, 3.05) is 6.26 Å². The van der Waals surface area contributed by atoms with Gasteiger partial charge in [-0.3, -0.25) is 4.79 Å². The smallest absolute Gasteiger partial charge is 0.259 e. The van der Waals surface area contributed by atoms with Crippen LogP contribution >= 0.6 is 11.8 Å². The van der Waals surface area contributed by atoms with Gasteiger partial charge in [-0.25, -0.2) is 13.8 Å². The Morgan fingerprint density at radius 2 is 1.76 bits per heavy atom. The summed E-state index contributed by atoms with van der Waals surface area (Å²) >= 11 is 1.60. The van der Waals surface area contributed by atoms with Gasteiger partial charge in [0.1, 0.15) is 5.82 Å². The van der Waals surface area contributed by atoms with Gasteiger partial charge < -0.3 is 4.98 Å². The summed E-state index contributed by atoms with van der Waals surface area (Å²) < 4.78 is 26.5. The van der Waals surface area contributed by atoms with E-state index in [-0.39, 0.29) is 10.9 Å². The lowest BCUT2D eigenvalue weighted by Crippen LogP contribution is -2.10. The maximum atomic E-state index is 13.3. The molecule has 0 spiro atoms. The minimum Gasteiger partial charge on any atom is -0.306 e. The van der Waals surface area contributed by atoms with Crippen LogP contribution in [0.25, 0.3) is 22.3 Å². The highest BCUT2D eigenvalue weighted by atomic mass is 32.2.